The molecule has 12 rings (SSSR count). The molecule has 0 bridgehead atoms. The maximum atomic E-state index is 8.80. The first kappa shape index (κ1) is 35.2. The SMILES string of the molecule is [2H]C([2H])([2H])C(c1cc(-c2cccc3c4ccccc4c4ccccc4c4cccc5c4n(c23)CN5c2cccc(Oc3ccc4c5ncccc5n(-c5cc(C(C)(C)C)ccn5)c4c3)c2)cc(C(C)(C)C)c1)(C([2H])([2H])[2H])C([2H])([2H])[2H]. The molecule has 1 aliphatic rings. The van der Waals surface area contributed by atoms with E-state index in [9.17, 15) is 0 Å². The van der Waals surface area contributed by atoms with Crippen molar-refractivity contribution >= 4 is 76.7 Å². The molecule has 7 aromatic carbocycles. The summed E-state index contributed by atoms with van der Waals surface area (Å²) in [6, 6.07) is 56.2. The normalized spacial score (nSPS) is 15.5. The van der Waals surface area contributed by atoms with Crippen molar-refractivity contribution in [2.75, 3.05) is 4.90 Å². The molecule has 0 N–H and O–H groups in total. The summed E-state index contributed by atoms with van der Waals surface area (Å²) >= 11 is 0. The second kappa shape index (κ2) is 16.3. The van der Waals surface area contributed by atoms with Gasteiger partial charge in [-0.1, -0.05) is 165 Å². The van der Waals surface area contributed by atoms with Crippen LogP contribution in [-0.4, -0.2) is 19.1 Å². The molecule has 0 aliphatic carbocycles. The van der Waals surface area contributed by atoms with E-state index in [4.69, 9.17) is 27.0 Å². The van der Waals surface area contributed by atoms with E-state index in [2.05, 4.69) is 120 Å². The van der Waals surface area contributed by atoms with E-state index in [1.807, 2.05) is 106 Å². The summed E-state index contributed by atoms with van der Waals surface area (Å²) in [4.78, 5) is 11.9. The third kappa shape index (κ3) is 7.56. The summed E-state index contributed by atoms with van der Waals surface area (Å²) in [6.45, 7) is 2.33. The van der Waals surface area contributed by atoms with Crippen molar-refractivity contribution in [1.82, 2.24) is 19.1 Å². The monoisotopic (exact) mass is 935 g/mol. The number of rotatable bonds is 5. The number of fused-ring (bicyclic) bond motifs is 10. The molecular formula is C65H59N5O. The zero-order chi connectivity index (χ0) is 56.5. The highest BCUT2D eigenvalue weighted by atomic mass is 16.5. The summed E-state index contributed by atoms with van der Waals surface area (Å²) < 4.78 is 90.4. The smallest absolute Gasteiger partial charge is 0.137 e. The minimum Gasteiger partial charge on any atom is -0.457 e. The number of pyridine rings is 2. The van der Waals surface area contributed by atoms with Crippen LogP contribution in [0.1, 0.15) is 91.1 Å². The maximum absolute atomic E-state index is 8.80. The summed E-state index contributed by atoms with van der Waals surface area (Å²) in [6.07, 6.45) is 3.67. The second-order valence-electron chi connectivity index (χ2n) is 20.9. The Morgan fingerprint density at radius 2 is 1.11 bits per heavy atom. The van der Waals surface area contributed by atoms with Gasteiger partial charge in [0, 0.05) is 64.3 Å². The average Bonchev–Trinajstić information content (AvgIpc) is 3.97. The highest BCUT2D eigenvalue weighted by Crippen LogP contribution is 2.46. The highest BCUT2D eigenvalue weighted by Gasteiger charge is 2.28. The van der Waals surface area contributed by atoms with Gasteiger partial charge in [-0.2, -0.15) is 0 Å². The fourth-order valence-electron chi connectivity index (χ4n) is 10.5. The van der Waals surface area contributed by atoms with Crippen molar-refractivity contribution in [3.05, 3.63) is 199 Å². The molecule has 0 radical (unpaired) electrons. The molecule has 0 saturated carbocycles. The zero-order valence-electron chi connectivity index (χ0n) is 49.7. The molecule has 0 unspecified atom stereocenters. The van der Waals surface area contributed by atoms with E-state index in [0.29, 0.717) is 34.9 Å². The third-order valence-electron chi connectivity index (χ3n) is 14.1. The Labute approximate surface area is 428 Å². The summed E-state index contributed by atoms with van der Waals surface area (Å²) in [5.74, 6) is 2.03. The van der Waals surface area contributed by atoms with Crippen LogP contribution in [0.5, 0.6) is 11.5 Å². The number of nitrogens with zero attached hydrogens (tertiary/aromatic N) is 5. The van der Waals surface area contributed by atoms with Gasteiger partial charge in [-0.15, -0.1) is 0 Å². The van der Waals surface area contributed by atoms with E-state index in [1.165, 1.54) is 12.1 Å². The van der Waals surface area contributed by atoms with Crippen LogP contribution < -0.4 is 9.64 Å². The van der Waals surface area contributed by atoms with Gasteiger partial charge >= 0.3 is 0 Å². The molecule has 0 atom stereocenters. The molecular weight excluding hydrogens is 867 g/mol. The van der Waals surface area contributed by atoms with Gasteiger partial charge in [0.2, 0.25) is 0 Å². The van der Waals surface area contributed by atoms with E-state index >= 15 is 0 Å². The first-order valence-electron chi connectivity index (χ1n) is 28.7. The Bertz CT molecular complexity index is 4350. The molecule has 4 aromatic heterocycles. The fourth-order valence-corrected chi connectivity index (χ4v) is 10.5. The summed E-state index contributed by atoms with van der Waals surface area (Å²) in [7, 11) is 0. The first-order valence-corrected chi connectivity index (χ1v) is 24.2. The van der Waals surface area contributed by atoms with Crippen LogP contribution in [0.25, 0.3) is 82.2 Å². The van der Waals surface area contributed by atoms with Gasteiger partial charge in [-0.3, -0.25) is 9.55 Å². The summed E-state index contributed by atoms with van der Waals surface area (Å²) in [5.41, 5.74) is 4.77. The molecule has 6 heteroatoms. The lowest BCUT2D eigenvalue weighted by Gasteiger charge is -2.27. The van der Waals surface area contributed by atoms with Gasteiger partial charge in [0.1, 0.15) is 24.0 Å². The predicted octanol–water partition coefficient (Wildman–Crippen LogP) is 17.6. The van der Waals surface area contributed by atoms with Crippen LogP contribution in [-0.2, 0) is 22.9 Å². The Morgan fingerprint density at radius 3 is 1.82 bits per heavy atom. The van der Waals surface area contributed by atoms with E-state index in [-0.39, 0.29) is 11.0 Å². The standard InChI is InChI=1S/C65H59N5O/c1-63(2,3)42-31-33-66-59(37-42)70-56-28-17-32-67-60(56)55-30-29-47(39-58(55)70)71-46-19-14-18-45(38-46)68-40-69-61-48(41-34-43(64(4,5)6)36-44(35-41)65(7,8)9)24-15-25-53(61)51-22-12-10-20-49(51)50-21-11-13-23-52(50)54-26-16-27-57(68)62(54)69/h10-39H,40H2,1-9H3/i4D3,5D3,6D3. The van der Waals surface area contributed by atoms with Gasteiger partial charge in [0.15, 0.2) is 0 Å². The Kier molecular flexibility index (Phi) is 8.08. The van der Waals surface area contributed by atoms with Crippen molar-refractivity contribution in [3.8, 4) is 28.4 Å². The average molecular weight is 935 g/mol. The number of hydrogen-bond donors (Lipinski definition) is 0. The Balaban J connectivity index is 1.08. The summed E-state index contributed by atoms with van der Waals surface area (Å²) in [5, 5.41) is 6.81. The lowest BCUT2D eigenvalue weighted by molar-refractivity contribution is 0.483. The molecule has 6 nitrogen and oxygen atoms in total. The molecule has 0 fully saturated rings. The minimum absolute atomic E-state index is 0.0932. The zero-order valence-corrected chi connectivity index (χ0v) is 40.7. The van der Waals surface area contributed by atoms with Crippen LogP contribution >= 0.6 is 0 Å². The van der Waals surface area contributed by atoms with Gasteiger partial charge in [0.05, 0.1) is 33.3 Å². The number of hydrogen-bond acceptors (Lipinski definition) is 4. The number of aromatic nitrogens is 4. The quantitative estimate of drug-likeness (QED) is 0.173. The van der Waals surface area contributed by atoms with Gasteiger partial charge < -0.3 is 14.2 Å². The topological polar surface area (TPSA) is 48.1 Å². The molecule has 0 spiro atoms. The van der Waals surface area contributed by atoms with Crippen molar-refractivity contribution in [2.24, 2.45) is 0 Å². The fraction of sp³-hybridized carbons (Fsp3) is 0.200. The maximum Gasteiger partial charge on any atom is 0.137 e. The molecule has 11 aromatic rings. The lowest BCUT2D eigenvalue weighted by Crippen LogP contribution is -2.17. The molecule has 0 amide bonds. The number of anilines is 2. The number of benzene rings is 7. The Hall–Kier alpha value is -7.96. The second-order valence-corrected chi connectivity index (χ2v) is 20.9. The van der Waals surface area contributed by atoms with Crippen LogP contribution in [0.15, 0.2) is 182 Å². The van der Waals surface area contributed by atoms with Crippen molar-refractivity contribution in [2.45, 2.75) is 85.0 Å². The van der Waals surface area contributed by atoms with Gasteiger partial charge in [0.25, 0.3) is 0 Å². The van der Waals surface area contributed by atoms with Gasteiger partial charge in [-0.05, 0) is 115 Å². The molecule has 350 valence electrons. The molecule has 1 aliphatic heterocycles. The van der Waals surface area contributed by atoms with Crippen LogP contribution in [0.2, 0.25) is 0 Å². The minimum atomic E-state index is -3.46. The molecule has 5 heterocycles. The van der Waals surface area contributed by atoms with Crippen LogP contribution in [0.4, 0.5) is 11.4 Å². The van der Waals surface area contributed by atoms with Crippen molar-refractivity contribution < 1.29 is 17.1 Å². The molecule has 0 saturated heterocycles. The number of para-hydroxylation sites is 2. The van der Waals surface area contributed by atoms with Gasteiger partial charge in [-0.25, -0.2) is 4.98 Å². The third-order valence-corrected chi connectivity index (χ3v) is 14.1. The van der Waals surface area contributed by atoms with E-state index in [0.717, 1.165) is 88.0 Å². The van der Waals surface area contributed by atoms with E-state index in [1.54, 1.807) is 0 Å². The van der Waals surface area contributed by atoms with Crippen molar-refractivity contribution in [1.29, 1.82) is 0 Å². The van der Waals surface area contributed by atoms with Crippen molar-refractivity contribution in [3.63, 3.8) is 0 Å². The van der Waals surface area contributed by atoms with E-state index < -0.39 is 31.4 Å². The Morgan fingerprint density at radius 1 is 0.479 bits per heavy atom. The highest BCUT2D eigenvalue weighted by molar-refractivity contribution is 6.22. The largest absolute Gasteiger partial charge is 0.457 e. The lowest BCUT2D eigenvalue weighted by atomic mass is 9.78. The molecule has 71 heavy (non-hydrogen) atoms. The van der Waals surface area contributed by atoms with Crippen LogP contribution in [0.3, 0.4) is 0 Å². The van der Waals surface area contributed by atoms with Crippen LogP contribution in [0, 0.1) is 0 Å². The first-order chi connectivity index (χ1) is 37.8. The number of ether oxygens (including phenoxy) is 1. The predicted molar refractivity (Wildman–Crippen MR) is 299 cm³/mol.